The van der Waals surface area contributed by atoms with E-state index >= 15 is 0 Å². The summed E-state index contributed by atoms with van der Waals surface area (Å²) in [7, 11) is 0. The molecule has 34 heavy (non-hydrogen) atoms. The Balaban J connectivity index is 1.25. The molecule has 0 amide bonds. The zero-order valence-electron chi connectivity index (χ0n) is 18.1. The van der Waals surface area contributed by atoms with Crippen LogP contribution in [-0.2, 0) is 9.47 Å². The first kappa shape index (κ1) is 21.3. The van der Waals surface area contributed by atoms with Crippen LogP contribution in [0.1, 0.15) is 0 Å². The molecule has 6 rings (SSSR count). The van der Waals surface area contributed by atoms with Crippen LogP contribution in [0.3, 0.4) is 0 Å². The lowest BCUT2D eigenvalue weighted by Crippen LogP contribution is -2.42. The number of imidazole rings is 1. The van der Waals surface area contributed by atoms with Gasteiger partial charge in [0.1, 0.15) is 17.8 Å². The first-order valence-corrected chi connectivity index (χ1v) is 11.4. The fourth-order valence-electron chi connectivity index (χ4n) is 4.54. The first-order chi connectivity index (χ1) is 16.5. The molecule has 0 radical (unpaired) electrons. The number of aromatic amines is 1. The number of halogens is 1. The predicted molar refractivity (Wildman–Crippen MR) is 129 cm³/mol. The molecule has 0 aliphatic carbocycles. The minimum atomic E-state index is -1.21. The van der Waals surface area contributed by atoms with Gasteiger partial charge in [0.05, 0.1) is 29.4 Å². The van der Waals surface area contributed by atoms with E-state index in [1.165, 1.54) is 6.08 Å². The number of aromatic nitrogens is 3. The maximum Gasteiger partial charge on any atom is 0.296 e. The van der Waals surface area contributed by atoms with Crippen molar-refractivity contribution in [2.45, 2.75) is 23.9 Å². The number of nitrogens with zero attached hydrogens (tertiary/aromatic N) is 2. The second kappa shape index (κ2) is 8.21. The molecule has 2 N–H and O–H groups in total. The number of benzene rings is 2. The zero-order valence-corrected chi connectivity index (χ0v) is 18.9. The van der Waals surface area contributed by atoms with Gasteiger partial charge in [-0.15, -0.1) is 6.58 Å². The van der Waals surface area contributed by atoms with Crippen molar-refractivity contribution >= 4 is 22.8 Å². The molecule has 7 nitrogen and oxygen atoms in total. The van der Waals surface area contributed by atoms with E-state index in [0.717, 1.165) is 16.7 Å². The quantitative estimate of drug-likeness (QED) is 0.416. The Morgan fingerprint density at radius 3 is 2.56 bits per heavy atom. The number of ether oxygens (including phenoxy) is 3. The van der Waals surface area contributed by atoms with Crippen LogP contribution in [0.5, 0.6) is 6.01 Å². The van der Waals surface area contributed by atoms with Gasteiger partial charge >= 0.3 is 0 Å². The highest BCUT2D eigenvalue weighted by Gasteiger charge is 2.55. The number of rotatable bonds is 5. The predicted octanol–water partition coefficient (Wildman–Crippen LogP) is 4.41. The van der Waals surface area contributed by atoms with Crippen LogP contribution in [0.15, 0.2) is 73.3 Å². The highest BCUT2D eigenvalue weighted by Crippen LogP contribution is 2.37. The standard InChI is InChI=1S/C26H22ClN3O4/c1-2-26(31)14-33-22-20(13-32-23(22)26)34-25-28-19-12-18(27)21(29-24(19)30-25)17-10-8-16(9-11-17)15-6-4-3-5-7-15/h2-12,20,22-23,31H,1,13-14H2,(H,28,29,30)/t20-,22-,23+,26-/m1/s1. The zero-order chi connectivity index (χ0) is 23.3. The minimum Gasteiger partial charge on any atom is -0.456 e. The van der Waals surface area contributed by atoms with E-state index in [4.69, 9.17) is 25.8 Å². The van der Waals surface area contributed by atoms with E-state index in [0.29, 0.717) is 27.9 Å². The largest absolute Gasteiger partial charge is 0.456 e. The highest BCUT2D eigenvalue weighted by atomic mass is 35.5. The lowest BCUT2D eigenvalue weighted by atomic mass is 9.96. The molecule has 0 saturated carbocycles. The average Bonchev–Trinajstić information content (AvgIpc) is 3.55. The summed E-state index contributed by atoms with van der Waals surface area (Å²) in [5.41, 5.74) is 3.75. The average molecular weight is 476 g/mol. The van der Waals surface area contributed by atoms with Gasteiger partial charge in [0.2, 0.25) is 0 Å². The van der Waals surface area contributed by atoms with Crippen molar-refractivity contribution in [2.75, 3.05) is 13.2 Å². The Bertz CT molecular complexity index is 1360. The molecule has 0 unspecified atom stereocenters. The van der Waals surface area contributed by atoms with Crippen molar-refractivity contribution in [2.24, 2.45) is 0 Å². The van der Waals surface area contributed by atoms with Gasteiger partial charge in [-0.1, -0.05) is 72.3 Å². The third-order valence-corrected chi connectivity index (χ3v) is 6.68. The molecule has 4 atom stereocenters. The Morgan fingerprint density at radius 1 is 1.06 bits per heavy atom. The van der Waals surface area contributed by atoms with Crippen LogP contribution < -0.4 is 4.74 Å². The summed E-state index contributed by atoms with van der Waals surface area (Å²) in [6.07, 6.45) is 0.116. The van der Waals surface area contributed by atoms with E-state index in [1.54, 1.807) is 6.07 Å². The summed E-state index contributed by atoms with van der Waals surface area (Å²) >= 11 is 6.57. The van der Waals surface area contributed by atoms with E-state index in [1.807, 2.05) is 30.3 Å². The van der Waals surface area contributed by atoms with E-state index in [2.05, 4.69) is 45.8 Å². The van der Waals surface area contributed by atoms with E-state index in [-0.39, 0.29) is 13.2 Å². The SMILES string of the molecule is C=C[C@@]1(O)CO[C@@H]2[C@H](Oc3nc4nc(-c5ccc(-c6ccccc6)cc5)c(Cl)cc4[nH]3)CO[C@@H]21. The fourth-order valence-corrected chi connectivity index (χ4v) is 4.80. The van der Waals surface area contributed by atoms with Crippen LogP contribution in [0, 0.1) is 0 Å². The summed E-state index contributed by atoms with van der Waals surface area (Å²) in [5.74, 6) is 0. The number of fused-ring (bicyclic) bond motifs is 2. The molecule has 8 heteroatoms. The lowest BCUT2D eigenvalue weighted by Gasteiger charge is -2.21. The van der Waals surface area contributed by atoms with Crippen molar-refractivity contribution in [3.8, 4) is 28.4 Å². The highest BCUT2D eigenvalue weighted by molar-refractivity contribution is 6.33. The number of hydrogen-bond donors (Lipinski definition) is 2. The van der Waals surface area contributed by atoms with Crippen molar-refractivity contribution in [3.05, 3.63) is 78.3 Å². The third-order valence-electron chi connectivity index (χ3n) is 6.39. The molecule has 2 aromatic carbocycles. The van der Waals surface area contributed by atoms with E-state index in [9.17, 15) is 5.11 Å². The van der Waals surface area contributed by atoms with Crippen LogP contribution in [-0.4, -0.2) is 57.2 Å². The normalized spacial score (nSPS) is 26.0. The molecule has 2 saturated heterocycles. The Kier molecular flexibility index (Phi) is 5.15. The molecule has 4 aromatic rings. The molecule has 4 heterocycles. The van der Waals surface area contributed by atoms with Crippen LogP contribution in [0.4, 0.5) is 0 Å². The van der Waals surface area contributed by atoms with Gasteiger partial charge in [0.15, 0.2) is 11.8 Å². The molecule has 2 aliphatic rings. The molecule has 0 bridgehead atoms. The van der Waals surface area contributed by atoms with Gasteiger partial charge in [-0.05, 0) is 17.2 Å². The number of aliphatic hydroxyl groups is 1. The van der Waals surface area contributed by atoms with Gasteiger partial charge in [-0.25, -0.2) is 4.98 Å². The second-order valence-electron chi connectivity index (χ2n) is 8.56. The van der Waals surface area contributed by atoms with Crippen molar-refractivity contribution < 1.29 is 19.3 Å². The molecular weight excluding hydrogens is 454 g/mol. The molecule has 2 fully saturated rings. The van der Waals surface area contributed by atoms with Gasteiger partial charge in [-0.2, -0.15) is 4.98 Å². The van der Waals surface area contributed by atoms with Gasteiger partial charge < -0.3 is 24.3 Å². The van der Waals surface area contributed by atoms with Crippen LogP contribution in [0.2, 0.25) is 5.02 Å². The molecular formula is C26H22ClN3O4. The summed E-state index contributed by atoms with van der Waals surface area (Å²) in [6.45, 7) is 4.08. The van der Waals surface area contributed by atoms with Crippen molar-refractivity contribution in [1.29, 1.82) is 0 Å². The number of hydrogen-bond acceptors (Lipinski definition) is 6. The summed E-state index contributed by atoms with van der Waals surface area (Å²) in [5, 5.41) is 11.1. The topological polar surface area (TPSA) is 89.5 Å². The minimum absolute atomic E-state index is 0.120. The number of H-pyrrole nitrogens is 1. The Morgan fingerprint density at radius 2 is 1.79 bits per heavy atom. The van der Waals surface area contributed by atoms with Crippen LogP contribution in [0.25, 0.3) is 33.5 Å². The van der Waals surface area contributed by atoms with Crippen molar-refractivity contribution in [1.82, 2.24) is 15.0 Å². The van der Waals surface area contributed by atoms with Gasteiger partial charge in [0.25, 0.3) is 6.01 Å². The van der Waals surface area contributed by atoms with Gasteiger partial charge in [-0.3, -0.25) is 0 Å². The molecule has 172 valence electrons. The van der Waals surface area contributed by atoms with Crippen molar-refractivity contribution in [3.63, 3.8) is 0 Å². The molecule has 2 aromatic heterocycles. The first-order valence-electron chi connectivity index (χ1n) is 11.0. The Hall–Kier alpha value is -3.23. The maximum atomic E-state index is 10.5. The number of pyridine rings is 1. The summed E-state index contributed by atoms with van der Waals surface area (Å²) in [6, 6.07) is 20.4. The number of nitrogens with one attached hydrogen (secondary N) is 1. The third kappa shape index (κ3) is 3.58. The smallest absolute Gasteiger partial charge is 0.296 e. The van der Waals surface area contributed by atoms with Crippen LogP contribution >= 0.6 is 11.6 Å². The summed E-state index contributed by atoms with van der Waals surface area (Å²) in [4.78, 5) is 12.3. The fraction of sp³-hybridized carbons (Fsp3) is 0.231. The van der Waals surface area contributed by atoms with Gasteiger partial charge in [0, 0.05) is 5.56 Å². The monoisotopic (exact) mass is 475 g/mol. The molecule has 2 aliphatic heterocycles. The second-order valence-corrected chi connectivity index (χ2v) is 8.96. The maximum absolute atomic E-state index is 10.5. The molecule has 0 spiro atoms. The summed E-state index contributed by atoms with van der Waals surface area (Å²) < 4.78 is 17.5. The lowest BCUT2D eigenvalue weighted by molar-refractivity contribution is -0.0368. The Labute approximate surface area is 201 Å². The van der Waals surface area contributed by atoms with E-state index < -0.39 is 23.9 Å².